The van der Waals surface area contributed by atoms with Gasteiger partial charge in [0, 0.05) is 5.56 Å². The summed E-state index contributed by atoms with van der Waals surface area (Å²) < 4.78 is 0. The number of hydrogen-bond acceptors (Lipinski definition) is 4. The summed E-state index contributed by atoms with van der Waals surface area (Å²) in [5, 5.41) is 11.9. The number of carboxylic acids is 1. The molecule has 0 saturated carbocycles. The summed E-state index contributed by atoms with van der Waals surface area (Å²) in [6.45, 7) is 0. The summed E-state index contributed by atoms with van der Waals surface area (Å²) in [5.41, 5.74) is 2.69. The van der Waals surface area contributed by atoms with Gasteiger partial charge in [-0.2, -0.15) is 0 Å². The van der Waals surface area contributed by atoms with E-state index in [1.807, 2.05) is 36.4 Å². The van der Waals surface area contributed by atoms with Crippen molar-refractivity contribution in [2.24, 2.45) is 0 Å². The van der Waals surface area contributed by atoms with E-state index >= 15 is 0 Å². The lowest BCUT2D eigenvalue weighted by molar-refractivity contribution is 0.0698. The van der Waals surface area contributed by atoms with Crippen molar-refractivity contribution in [3.05, 3.63) is 78.0 Å². The first-order chi connectivity index (χ1) is 13.1. The Bertz CT molecular complexity index is 1150. The number of H-pyrrole nitrogens is 1. The third-order valence-electron chi connectivity index (χ3n) is 4.03. The van der Waals surface area contributed by atoms with E-state index in [1.54, 1.807) is 24.3 Å². The third-order valence-corrected chi connectivity index (χ3v) is 4.03. The molecule has 0 fully saturated rings. The van der Waals surface area contributed by atoms with E-state index in [9.17, 15) is 14.7 Å². The van der Waals surface area contributed by atoms with Crippen molar-refractivity contribution < 1.29 is 14.7 Å². The van der Waals surface area contributed by atoms with Crippen LogP contribution in [0.3, 0.4) is 0 Å². The standard InChI is InChI=1S/C20H14N4O3/c25-18(16-11-5-9-14(21-16)12-6-2-1-3-7-12)24-20-22-15-10-4-8-13(19(26)27)17(15)23-20/h1-11H,(H,26,27)(H2,22,23,24,25). The third kappa shape index (κ3) is 3.25. The van der Waals surface area contributed by atoms with Gasteiger partial charge in [0.2, 0.25) is 5.95 Å². The second-order valence-electron chi connectivity index (χ2n) is 5.82. The van der Waals surface area contributed by atoms with Crippen LogP contribution in [0.15, 0.2) is 66.7 Å². The second-order valence-corrected chi connectivity index (χ2v) is 5.82. The molecule has 2 aromatic heterocycles. The van der Waals surface area contributed by atoms with Crippen molar-refractivity contribution in [1.29, 1.82) is 0 Å². The van der Waals surface area contributed by atoms with E-state index in [1.165, 1.54) is 6.07 Å². The molecule has 2 heterocycles. The van der Waals surface area contributed by atoms with Gasteiger partial charge in [0.25, 0.3) is 5.91 Å². The van der Waals surface area contributed by atoms with Gasteiger partial charge < -0.3 is 10.1 Å². The highest BCUT2D eigenvalue weighted by molar-refractivity contribution is 6.05. The van der Waals surface area contributed by atoms with Crippen LogP contribution in [0, 0.1) is 0 Å². The molecule has 0 aliphatic rings. The number of anilines is 1. The number of aromatic amines is 1. The summed E-state index contributed by atoms with van der Waals surface area (Å²) in [4.78, 5) is 35.3. The van der Waals surface area contributed by atoms with E-state index in [2.05, 4.69) is 20.3 Å². The SMILES string of the molecule is O=C(Nc1nc2c(C(=O)O)cccc2[nH]1)c1cccc(-c2ccccc2)n1. The number of para-hydroxylation sites is 1. The first-order valence-electron chi connectivity index (χ1n) is 8.17. The number of amides is 1. The van der Waals surface area contributed by atoms with Gasteiger partial charge in [0.1, 0.15) is 11.2 Å². The fourth-order valence-corrected chi connectivity index (χ4v) is 2.77. The number of benzene rings is 2. The van der Waals surface area contributed by atoms with Gasteiger partial charge >= 0.3 is 5.97 Å². The molecule has 0 unspecified atom stereocenters. The van der Waals surface area contributed by atoms with Gasteiger partial charge in [-0.05, 0) is 24.3 Å². The van der Waals surface area contributed by atoms with Crippen molar-refractivity contribution in [3.8, 4) is 11.3 Å². The minimum absolute atomic E-state index is 0.0634. The van der Waals surface area contributed by atoms with Crippen LogP contribution in [0.1, 0.15) is 20.8 Å². The van der Waals surface area contributed by atoms with Crippen LogP contribution in [0.4, 0.5) is 5.95 Å². The molecule has 4 rings (SSSR count). The minimum atomic E-state index is -1.08. The first-order valence-corrected chi connectivity index (χ1v) is 8.17. The van der Waals surface area contributed by atoms with Crippen molar-refractivity contribution in [2.75, 3.05) is 5.32 Å². The number of aromatic nitrogens is 3. The molecule has 0 aliphatic heterocycles. The molecule has 4 aromatic rings. The number of imidazole rings is 1. The van der Waals surface area contributed by atoms with E-state index in [0.717, 1.165) is 5.56 Å². The van der Waals surface area contributed by atoms with E-state index in [0.29, 0.717) is 11.2 Å². The number of nitrogens with one attached hydrogen (secondary N) is 2. The zero-order chi connectivity index (χ0) is 18.8. The molecule has 7 nitrogen and oxygen atoms in total. The highest BCUT2D eigenvalue weighted by Gasteiger charge is 2.15. The largest absolute Gasteiger partial charge is 0.478 e. The summed E-state index contributed by atoms with van der Waals surface area (Å²) >= 11 is 0. The topological polar surface area (TPSA) is 108 Å². The Hall–Kier alpha value is -4.00. The number of pyridine rings is 1. The lowest BCUT2D eigenvalue weighted by Gasteiger charge is -2.04. The normalized spacial score (nSPS) is 10.7. The quantitative estimate of drug-likeness (QED) is 0.517. The maximum atomic E-state index is 12.5. The number of rotatable bonds is 4. The lowest BCUT2D eigenvalue weighted by Crippen LogP contribution is -2.14. The van der Waals surface area contributed by atoms with Gasteiger partial charge in [0.05, 0.1) is 16.8 Å². The number of fused-ring (bicyclic) bond motifs is 1. The predicted octanol–water partition coefficient (Wildman–Crippen LogP) is 3.58. The van der Waals surface area contributed by atoms with Crippen molar-refractivity contribution in [2.45, 2.75) is 0 Å². The van der Waals surface area contributed by atoms with Crippen LogP contribution in [-0.4, -0.2) is 31.9 Å². The Balaban J connectivity index is 1.62. The second kappa shape index (κ2) is 6.72. The van der Waals surface area contributed by atoms with Crippen LogP contribution in [0.25, 0.3) is 22.3 Å². The molecule has 27 heavy (non-hydrogen) atoms. The van der Waals surface area contributed by atoms with Crippen LogP contribution in [0.2, 0.25) is 0 Å². The lowest BCUT2D eigenvalue weighted by atomic mass is 10.1. The van der Waals surface area contributed by atoms with Gasteiger partial charge in [0.15, 0.2) is 0 Å². The smallest absolute Gasteiger partial charge is 0.337 e. The molecule has 0 spiro atoms. The Kier molecular flexibility index (Phi) is 4.10. The summed E-state index contributed by atoms with van der Waals surface area (Å²) in [6.07, 6.45) is 0. The highest BCUT2D eigenvalue weighted by atomic mass is 16.4. The number of aromatic carboxylic acids is 1. The predicted molar refractivity (Wildman–Crippen MR) is 101 cm³/mol. The molecule has 2 aromatic carbocycles. The number of carbonyl (C=O) groups is 2. The molecule has 0 bridgehead atoms. The van der Waals surface area contributed by atoms with Crippen molar-refractivity contribution >= 4 is 28.9 Å². The molecule has 0 radical (unpaired) electrons. The molecule has 0 atom stereocenters. The zero-order valence-corrected chi connectivity index (χ0v) is 14.0. The van der Waals surface area contributed by atoms with Crippen LogP contribution < -0.4 is 5.32 Å². The first kappa shape index (κ1) is 16.5. The van der Waals surface area contributed by atoms with Gasteiger partial charge in [-0.25, -0.2) is 14.8 Å². The van der Waals surface area contributed by atoms with Crippen LogP contribution in [-0.2, 0) is 0 Å². The number of carbonyl (C=O) groups excluding carboxylic acids is 1. The fraction of sp³-hybridized carbons (Fsp3) is 0. The van der Waals surface area contributed by atoms with Gasteiger partial charge in [-0.15, -0.1) is 0 Å². The summed E-state index contributed by atoms with van der Waals surface area (Å²) in [5.74, 6) is -1.36. The van der Waals surface area contributed by atoms with Crippen molar-refractivity contribution in [1.82, 2.24) is 15.0 Å². The van der Waals surface area contributed by atoms with E-state index < -0.39 is 11.9 Å². The zero-order valence-electron chi connectivity index (χ0n) is 14.0. The number of hydrogen-bond donors (Lipinski definition) is 3. The minimum Gasteiger partial charge on any atom is -0.478 e. The average molecular weight is 358 g/mol. The van der Waals surface area contributed by atoms with Crippen molar-refractivity contribution in [3.63, 3.8) is 0 Å². The van der Waals surface area contributed by atoms with Gasteiger partial charge in [-0.3, -0.25) is 10.1 Å². The maximum absolute atomic E-state index is 12.5. The van der Waals surface area contributed by atoms with Gasteiger partial charge in [-0.1, -0.05) is 42.5 Å². The van der Waals surface area contributed by atoms with E-state index in [4.69, 9.17) is 0 Å². The molecular weight excluding hydrogens is 344 g/mol. The molecule has 3 N–H and O–H groups in total. The molecule has 1 amide bonds. The molecule has 132 valence electrons. The average Bonchev–Trinajstić information content (AvgIpc) is 3.11. The fourth-order valence-electron chi connectivity index (χ4n) is 2.77. The van der Waals surface area contributed by atoms with Crippen LogP contribution in [0.5, 0.6) is 0 Å². The Morgan fingerprint density at radius 3 is 2.44 bits per heavy atom. The van der Waals surface area contributed by atoms with E-state index in [-0.39, 0.29) is 22.7 Å². The monoisotopic (exact) mass is 358 g/mol. The van der Waals surface area contributed by atoms with Crippen LogP contribution >= 0.6 is 0 Å². The summed E-state index contributed by atoms with van der Waals surface area (Å²) in [7, 11) is 0. The Labute approximate surface area is 153 Å². The summed E-state index contributed by atoms with van der Waals surface area (Å²) in [6, 6.07) is 19.5. The Morgan fingerprint density at radius 1 is 0.889 bits per heavy atom. The highest BCUT2D eigenvalue weighted by Crippen LogP contribution is 2.20. The molecule has 0 saturated heterocycles. The maximum Gasteiger partial charge on any atom is 0.337 e. The molecular formula is C20H14N4O3. The Morgan fingerprint density at radius 2 is 1.67 bits per heavy atom. The number of carboxylic acid groups (broad SMARTS) is 1. The molecule has 7 heteroatoms. The molecule has 0 aliphatic carbocycles. The number of nitrogens with zero attached hydrogens (tertiary/aromatic N) is 2.